The molecule has 1 aliphatic heterocycles. The minimum Gasteiger partial charge on any atom is -0.353 e. The first-order valence-corrected chi connectivity index (χ1v) is 9.37. The van der Waals surface area contributed by atoms with Crippen LogP contribution in [0.2, 0.25) is 0 Å². The van der Waals surface area contributed by atoms with E-state index in [4.69, 9.17) is 0 Å². The average Bonchev–Trinajstić information content (AvgIpc) is 3.30. The number of aromatic nitrogens is 2. The number of piperidine rings is 1. The highest BCUT2D eigenvalue weighted by Crippen LogP contribution is 2.25. The van der Waals surface area contributed by atoms with Crippen LogP contribution in [0.1, 0.15) is 31.4 Å². The molecule has 0 spiro atoms. The first-order chi connectivity index (χ1) is 11.3. The number of nitrogens with one attached hydrogen (secondary N) is 3. The number of rotatable bonds is 4. The lowest BCUT2D eigenvalue weighted by molar-refractivity contribution is -0.126. The molecule has 1 aliphatic carbocycles. The van der Waals surface area contributed by atoms with Crippen LogP contribution < -0.4 is 16.6 Å². The SMILES string of the molecule is Cc1[nH]c(=O)[nH]c(=O)c1S(=O)(=O)N1CCC[C@@H](C(=O)NC2CC2)C1. The zero-order valence-electron chi connectivity index (χ0n) is 13.3. The molecule has 10 heteroatoms. The molecular weight excluding hydrogens is 336 g/mol. The van der Waals surface area contributed by atoms with Gasteiger partial charge in [-0.2, -0.15) is 4.31 Å². The monoisotopic (exact) mass is 356 g/mol. The van der Waals surface area contributed by atoms with Gasteiger partial charge >= 0.3 is 5.69 Å². The second-order valence-corrected chi connectivity index (χ2v) is 8.22. The molecule has 1 atom stereocenters. The lowest BCUT2D eigenvalue weighted by atomic mass is 9.99. The van der Waals surface area contributed by atoms with Crippen LogP contribution in [0.4, 0.5) is 0 Å². The van der Waals surface area contributed by atoms with Crippen molar-refractivity contribution < 1.29 is 13.2 Å². The highest BCUT2D eigenvalue weighted by atomic mass is 32.2. The van der Waals surface area contributed by atoms with Crippen molar-refractivity contribution in [3.8, 4) is 0 Å². The van der Waals surface area contributed by atoms with E-state index in [2.05, 4.69) is 10.3 Å². The average molecular weight is 356 g/mol. The summed E-state index contributed by atoms with van der Waals surface area (Å²) in [5.41, 5.74) is -1.70. The highest BCUT2D eigenvalue weighted by molar-refractivity contribution is 7.89. The lowest BCUT2D eigenvalue weighted by Gasteiger charge is -2.31. The summed E-state index contributed by atoms with van der Waals surface area (Å²) in [5.74, 6) is -0.555. The van der Waals surface area contributed by atoms with Gasteiger partial charge in [0, 0.05) is 24.8 Å². The number of hydrogen-bond acceptors (Lipinski definition) is 5. The van der Waals surface area contributed by atoms with E-state index in [1.165, 1.54) is 6.92 Å². The minimum absolute atomic E-state index is 0.00620. The fourth-order valence-corrected chi connectivity index (χ4v) is 4.68. The third kappa shape index (κ3) is 3.29. The Bertz CT molecular complexity index is 868. The third-order valence-electron chi connectivity index (χ3n) is 4.35. The van der Waals surface area contributed by atoms with Crippen molar-refractivity contribution in [2.75, 3.05) is 13.1 Å². The molecule has 1 saturated heterocycles. The van der Waals surface area contributed by atoms with Crippen LogP contribution in [0.5, 0.6) is 0 Å². The van der Waals surface area contributed by atoms with Crippen molar-refractivity contribution in [2.45, 2.75) is 43.5 Å². The summed E-state index contributed by atoms with van der Waals surface area (Å²) in [4.78, 5) is 39.2. The third-order valence-corrected chi connectivity index (χ3v) is 6.37. The number of amides is 1. The molecule has 1 amide bonds. The Labute approximate surface area is 138 Å². The quantitative estimate of drug-likeness (QED) is 0.640. The molecule has 0 bridgehead atoms. The molecule has 2 fully saturated rings. The Hall–Kier alpha value is -1.94. The molecule has 2 heterocycles. The van der Waals surface area contributed by atoms with Gasteiger partial charge in [0.15, 0.2) is 4.90 Å². The van der Waals surface area contributed by atoms with Gasteiger partial charge in [0.2, 0.25) is 15.9 Å². The van der Waals surface area contributed by atoms with Crippen LogP contribution in [0.25, 0.3) is 0 Å². The van der Waals surface area contributed by atoms with Gasteiger partial charge in [-0.05, 0) is 32.6 Å². The van der Waals surface area contributed by atoms with E-state index in [0.717, 1.165) is 17.1 Å². The Morgan fingerprint density at radius 1 is 1.21 bits per heavy atom. The predicted octanol–water partition coefficient (Wildman–Crippen LogP) is -0.949. The first-order valence-electron chi connectivity index (χ1n) is 7.93. The van der Waals surface area contributed by atoms with Crippen LogP contribution in [0.15, 0.2) is 14.5 Å². The van der Waals surface area contributed by atoms with E-state index in [9.17, 15) is 22.8 Å². The summed E-state index contributed by atoms with van der Waals surface area (Å²) in [5, 5.41) is 2.89. The smallest absolute Gasteiger partial charge is 0.325 e. The standard InChI is InChI=1S/C14H20N4O5S/c1-8-11(13(20)17-14(21)15-8)24(22,23)18-6-2-3-9(7-18)12(19)16-10-4-5-10/h9-10H,2-7H2,1H3,(H,16,19)(H2,15,17,20,21)/t9-/m1/s1. The fourth-order valence-electron chi connectivity index (χ4n) is 2.95. The number of nitrogens with zero attached hydrogens (tertiary/aromatic N) is 1. The minimum atomic E-state index is -4.08. The Morgan fingerprint density at radius 3 is 2.54 bits per heavy atom. The first kappa shape index (κ1) is 16.9. The summed E-state index contributed by atoms with van der Waals surface area (Å²) in [7, 11) is -4.08. The van der Waals surface area contributed by atoms with Crippen molar-refractivity contribution >= 4 is 15.9 Å². The van der Waals surface area contributed by atoms with Gasteiger partial charge in [0.1, 0.15) is 0 Å². The summed E-state index contributed by atoms with van der Waals surface area (Å²) < 4.78 is 26.7. The number of aryl methyl sites for hydroxylation is 1. The summed E-state index contributed by atoms with van der Waals surface area (Å²) >= 11 is 0. The largest absolute Gasteiger partial charge is 0.353 e. The maximum Gasteiger partial charge on any atom is 0.325 e. The number of hydrogen-bond donors (Lipinski definition) is 3. The van der Waals surface area contributed by atoms with Crippen molar-refractivity contribution in [1.82, 2.24) is 19.6 Å². The van der Waals surface area contributed by atoms with Crippen molar-refractivity contribution in [3.05, 3.63) is 26.5 Å². The normalized spacial score (nSPS) is 22.3. The molecule has 1 aromatic rings. The van der Waals surface area contributed by atoms with Gasteiger partial charge in [-0.15, -0.1) is 0 Å². The number of carbonyl (C=O) groups is 1. The zero-order chi connectivity index (χ0) is 17.5. The molecule has 132 valence electrons. The Morgan fingerprint density at radius 2 is 1.92 bits per heavy atom. The maximum absolute atomic E-state index is 12.8. The van der Waals surface area contributed by atoms with Gasteiger partial charge in [0.05, 0.1) is 5.92 Å². The lowest BCUT2D eigenvalue weighted by Crippen LogP contribution is -2.47. The van der Waals surface area contributed by atoms with Crippen LogP contribution in [0, 0.1) is 12.8 Å². The van der Waals surface area contributed by atoms with Crippen LogP contribution >= 0.6 is 0 Å². The summed E-state index contributed by atoms with van der Waals surface area (Å²) in [6.07, 6.45) is 3.09. The molecule has 9 nitrogen and oxygen atoms in total. The Kier molecular flexibility index (Phi) is 4.35. The van der Waals surface area contributed by atoms with Gasteiger partial charge in [0.25, 0.3) is 5.56 Å². The van der Waals surface area contributed by atoms with Gasteiger partial charge in [-0.3, -0.25) is 14.6 Å². The molecule has 1 aromatic heterocycles. The second kappa shape index (κ2) is 6.17. The molecule has 0 radical (unpaired) electrons. The van der Waals surface area contributed by atoms with Gasteiger partial charge in [-0.1, -0.05) is 0 Å². The molecule has 1 saturated carbocycles. The van der Waals surface area contributed by atoms with Gasteiger partial charge in [-0.25, -0.2) is 13.2 Å². The molecule has 3 rings (SSSR count). The molecule has 0 aromatic carbocycles. The molecule has 24 heavy (non-hydrogen) atoms. The van der Waals surface area contributed by atoms with Crippen LogP contribution in [0.3, 0.4) is 0 Å². The number of sulfonamides is 1. The van der Waals surface area contributed by atoms with E-state index in [0.29, 0.717) is 12.8 Å². The molecular formula is C14H20N4O5S. The van der Waals surface area contributed by atoms with Crippen molar-refractivity contribution in [3.63, 3.8) is 0 Å². The van der Waals surface area contributed by atoms with E-state index in [1.807, 2.05) is 4.98 Å². The molecule has 0 unspecified atom stereocenters. The van der Waals surface area contributed by atoms with E-state index in [1.54, 1.807) is 0 Å². The fraction of sp³-hybridized carbons (Fsp3) is 0.643. The second-order valence-electron chi connectivity index (χ2n) is 6.35. The summed E-state index contributed by atoms with van der Waals surface area (Å²) in [6, 6.07) is 0.216. The number of H-pyrrole nitrogens is 2. The van der Waals surface area contributed by atoms with E-state index >= 15 is 0 Å². The van der Waals surface area contributed by atoms with Gasteiger partial charge < -0.3 is 10.3 Å². The van der Waals surface area contributed by atoms with Crippen LogP contribution in [-0.2, 0) is 14.8 Å². The topological polar surface area (TPSA) is 132 Å². The Balaban J connectivity index is 1.85. The number of carbonyl (C=O) groups excluding carboxylic acids is 1. The van der Waals surface area contributed by atoms with Crippen molar-refractivity contribution in [2.24, 2.45) is 5.92 Å². The maximum atomic E-state index is 12.8. The van der Waals surface area contributed by atoms with Crippen LogP contribution in [-0.4, -0.2) is 47.7 Å². The van der Waals surface area contributed by atoms with E-state index in [-0.39, 0.29) is 30.7 Å². The molecule has 3 N–H and O–H groups in total. The molecule has 2 aliphatic rings. The van der Waals surface area contributed by atoms with E-state index < -0.39 is 32.1 Å². The highest BCUT2D eigenvalue weighted by Gasteiger charge is 2.37. The van der Waals surface area contributed by atoms with Crippen molar-refractivity contribution in [1.29, 1.82) is 0 Å². The summed E-state index contributed by atoms with van der Waals surface area (Å²) in [6.45, 7) is 1.65. The predicted molar refractivity (Wildman–Crippen MR) is 85.1 cm³/mol. The zero-order valence-corrected chi connectivity index (χ0v) is 14.1. The number of aromatic amines is 2.